The quantitative estimate of drug-likeness (QED) is 0.743. The maximum atomic E-state index is 10.4. The Balaban J connectivity index is 1.54. The fourth-order valence-electron chi connectivity index (χ4n) is 2.48. The van der Waals surface area contributed by atoms with Crippen molar-refractivity contribution in [3.8, 4) is 5.75 Å². The first-order valence-electron chi connectivity index (χ1n) is 7.47. The summed E-state index contributed by atoms with van der Waals surface area (Å²) in [4.78, 5) is 12.8. The summed E-state index contributed by atoms with van der Waals surface area (Å²) in [5.74, 6) is 0.0220. The number of ether oxygens (including phenoxy) is 2. The van der Waals surface area contributed by atoms with Crippen LogP contribution in [-0.2, 0) is 9.53 Å². The smallest absolute Gasteiger partial charge is 0.329 e. The Hall–Kier alpha value is -1.59. The van der Waals surface area contributed by atoms with Crippen molar-refractivity contribution in [2.45, 2.75) is 25.4 Å². The van der Waals surface area contributed by atoms with E-state index < -0.39 is 5.97 Å². The first kappa shape index (κ1) is 15.8. The molecule has 5 heteroatoms. The lowest BCUT2D eigenvalue weighted by molar-refractivity contribution is -0.145. The van der Waals surface area contributed by atoms with Crippen LogP contribution in [0.25, 0.3) is 0 Å². The zero-order valence-electron chi connectivity index (χ0n) is 12.2. The Bertz CT molecular complexity index is 416. The Kier molecular flexibility index (Phi) is 6.50. The van der Waals surface area contributed by atoms with Crippen LogP contribution in [-0.4, -0.2) is 54.9 Å². The molecule has 2 rings (SSSR count). The molecule has 1 heterocycles. The van der Waals surface area contributed by atoms with E-state index in [2.05, 4.69) is 4.90 Å². The summed E-state index contributed by atoms with van der Waals surface area (Å²) in [6.45, 7) is 3.48. The van der Waals surface area contributed by atoms with Gasteiger partial charge < -0.3 is 19.5 Å². The van der Waals surface area contributed by atoms with Gasteiger partial charge in [0.1, 0.15) is 12.4 Å². The molecule has 116 valence electrons. The Morgan fingerprint density at radius 2 is 1.95 bits per heavy atom. The molecule has 0 saturated carbocycles. The number of carboxylic acid groups (broad SMARTS) is 1. The summed E-state index contributed by atoms with van der Waals surface area (Å²) >= 11 is 0. The van der Waals surface area contributed by atoms with Crippen LogP contribution in [0.3, 0.4) is 0 Å². The minimum Gasteiger partial charge on any atom is -0.494 e. The van der Waals surface area contributed by atoms with E-state index >= 15 is 0 Å². The molecular formula is C16H23NO4. The third-order valence-corrected chi connectivity index (χ3v) is 3.61. The predicted octanol–water partition coefficient (Wildman–Crippen LogP) is 2.02. The van der Waals surface area contributed by atoms with Gasteiger partial charge in [-0.15, -0.1) is 0 Å². The van der Waals surface area contributed by atoms with E-state index in [-0.39, 0.29) is 12.7 Å². The van der Waals surface area contributed by atoms with E-state index in [9.17, 15) is 4.79 Å². The zero-order valence-corrected chi connectivity index (χ0v) is 12.2. The van der Waals surface area contributed by atoms with Gasteiger partial charge in [0.25, 0.3) is 0 Å². The molecule has 0 radical (unpaired) electrons. The van der Waals surface area contributed by atoms with Crippen molar-refractivity contribution >= 4 is 5.97 Å². The molecule has 0 unspecified atom stereocenters. The van der Waals surface area contributed by atoms with Crippen LogP contribution in [0, 0.1) is 0 Å². The lowest BCUT2D eigenvalue weighted by Crippen LogP contribution is -2.38. The molecule has 0 amide bonds. The number of aliphatic carboxylic acids is 1. The number of hydrogen-bond acceptors (Lipinski definition) is 4. The largest absolute Gasteiger partial charge is 0.494 e. The highest BCUT2D eigenvalue weighted by Gasteiger charge is 2.19. The van der Waals surface area contributed by atoms with Gasteiger partial charge in [-0.05, 0) is 31.4 Å². The molecule has 0 aliphatic carbocycles. The second-order valence-corrected chi connectivity index (χ2v) is 5.26. The SMILES string of the molecule is O=C(O)COC1CCN(CCCOc2ccccc2)CC1. The highest BCUT2D eigenvalue weighted by atomic mass is 16.5. The summed E-state index contributed by atoms with van der Waals surface area (Å²) in [7, 11) is 0. The number of piperidine rings is 1. The van der Waals surface area contributed by atoms with E-state index in [1.165, 1.54) is 0 Å². The Morgan fingerprint density at radius 1 is 1.24 bits per heavy atom. The number of carbonyl (C=O) groups is 1. The van der Waals surface area contributed by atoms with Crippen molar-refractivity contribution in [3.63, 3.8) is 0 Å². The van der Waals surface area contributed by atoms with Crippen LogP contribution in [0.15, 0.2) is 30.3 Å². The van der Waals surface area contributed by atoms with Gasteiger partial charge in [-0.2, -0.15) is 0 Å². The van der Waals surface area contributed by atoms with Crippen LogP contribution in [0.4, 0.5) is 0 Å². The normalized spacial score (nSPS) is 16.8. The molecule has 1 N–H and O–H groups in total. The maximum Gasteiger partial charge on any atom is 0.329 e. The number of para-hydroxylation sites is 1. The fourth-order valence-corrected chi connectivity index (χ4v) is 2.48. The van der Waals surface area contributed by atoms with Gasteiger partial charge in [-0.25, -0.2) is 4.79 Å². The number of carboxylic acids is 1. The van der Waals surface area contributed by atoms with Gasteiger partial charge in [0.05, 0.1) is 12.7 Å². The molecule has 5 nitrogen and oxygen atoms in total. The number of benzene rings is 1. The predicted molar refractivity (Wildman–Crippen MR) is 79.6 cm³/mol. The van der Waals surface area contributed by atoms with E-state index in [1.807, 2.05) is 30.3 Å². The zero-order chi connectivity index (χ0) is 14.9. The standard InChI is InChI=1S/C16H23NO4/c18-16(19)13-21-15-7-10-17(11-8-15)9-4-12-20-14-5-2-1-3-6-14/h1-3,5-6,15H,4,7-13H2,(H,18,19). The van der Waals surface area contributed by atoms with E-state index in [0.717, 1.165) is 51.3 Å². The van der Waals surface area contributed by atoms with Gasteiger partial charge in [-0.3, -0.25) is 0 Å². The second kappa shape index (κ2) is 8.64. The summed E-state index contributed by atoms with van der Waals surface area (Å²) in [5, 5.41) is 8.58. The van der Waals surface area contributed by atoms with Crippen molar-refractivity contribution in [1.29, 1.82) is 0 Å². The molecule has 0 bridgehead atoms. The molecule has 21 heavy (non-hydrogen) atoms. The minimum atomic E-state index is -0.893. The molecular weight excluding hydrogens is 270 g/mol. The monoisotopic (exact) mass is 293 g/mol. The van der Waals surface area contributed by atoms with Crippen molar-refractivity contribution in [1.82, 2.24) is 4.90 Å². The molecule has 1 aromatic carbocycles. The summed E-state index contributed by atoms with van der Waals surface area (Å²) in [6, 6.07) is 9.84. The van der Waals surface area contributed by atoms with Crippen LogP contribution in [0.2, 0.25) is 0 Å². The third kappa shape index (κ3) is 6.14. The van der Waals surface area contributed by atoms with Gasteiger partial charge in [-0.1, -0.05) is 18.2 Å². The molecule has 1 fully saturated rings. The lowest BCUT2D eigenvalue weighted by Gasteiger charge is -2.31. The number of nitrogens with zero attached hydrogens (tertiary/aromatic N) is 1. The van der Waals surface area contributed by atoms with Crippen LogP contribution < -0.4 is 4.74 Å². The molecule has 0 spiro atoms. The van der Waals surface area contributed by atoms with Gasteiger partial charge in [0.15, 0.2) is 0 Å². The average molecular weight is 293 g/mol. The summed E-state index contributed by atoms with van der Waals surface area (Å²) in [6.07, 6.45) is 2.91. The third-order valence-electron chi connectivity index (χ3n) is 3.61. The van der Waals surface area contributed by atoms with Crippen molar-refractivity contribution in [3.05, 3.63) is 30.3 Å². The number of hydrogen-bond donors (Lipinski definition) is 1. The summed E-state index contributed by atoms with van der Waals surface area (Å²) in [5.41, 5.74) is 0. The Labute approximate surface area is 125 Å². The fraction of sp³-hybridized carbons (Fsp3) is 0.562. The highest BCUT2D eigenvalue weighted by Crippen LogP contribution is 2.14. The summed E-state index contributed by atoms with van der Waals surface area (Å²) < 4.78 is 11.0. The first-order chi connectivity index (χ1) is 10.2. The van der Waals surface area contributed by atoms with Crippen LogP contribution >= 0.6 is 0 Å². The first-order valence-corrected chi connectivity index (χ1v) is 7.47. The van der Waals surface area contributed by atoms with E-state index in [4.69, 9.17) is 14.6 Å². The van der Waals surface area contributed by atoms with Crippen molar-refractivity contribution in [2.24, 2.45) is 0 Å². The maximum absolute atomic E-state index is 10.4. The van der Waals surface area contributed by atoms with Gasteiger partial charge in [0, 0.05) is 19.6 Å². The topological polar surface area (TPSA) is 59.0 Å². The average Bonchev–Trinajstić information content (AvgIpc) is 2.52. The number of rotatable bonds is 8. The molecule has 0 atom stereocenters. The van der Waals surface area contributed by atoms with Gasteiger partial charge >= 0.3 is 5.97 Å². The van der Waals surface area contributed by atoms with Crippen LogP contribution in [0.5, 0.6) is 5.75 Å². The minimum absolute atomic E-state index is 0.0953. The second-order valence-electron chi connectivity index (χ2n) is 5.26. The van der Waals surface area contributed by atoms with Crippen molar-refractivity contribution in [2.75, 3.05) is 32.8 Å². The molecule has 0 aromatic heterocycles. The molecule has 1 saturated heterocycles. The molecule has 1 aliphatic rings. The molecule has 1 aromatic rings. The number of likely N-dealkylation sites (tertiary alicyclic amines) is 1. The highest BCUT2D eigenvalue weighted by molar-refractivity contribution is 5.68. The van der Waals surface area contributed by atoms with E-state index in [0.29, 0.717) is 0 Å². The van der Waals surface area contributed by atoms with E-state index in [1.54, 1.807) is 0 Å². The van der Waals surface area contributed by atoms with Crippen molar-refractivity contribution < 1.29 is 19.4 Å². The Morgan fingerprint density at radius 3 is 2.62 bits per heavy atom. The van der Waals surface area contributed by atoms with Crippen LogP contribution in [0.1, 0.15) is 19.3 Å². The lowest BCUT2D eigenvalue weighted by atomic mass is 10.1. The van der Waals surface area contributed by atoms with Gasteiger partial charge in [0.2, 0.25) is 0 Å². The molecule has 1 aliphatic heterocycles.